The van der Waals surface area contributed by atoms with Crippen LogP contribution in [0.1, 0.15) is 5.56 Å². The molecule has 100 valence electrons. The van der Waals surface area contributed by atoms with E-state index in [1.54, 1.807) is 24.3 Å². The number of aromatic amines is 1. The van der Waals surface area contributed by atoms with Crippen LogP contribution in [-0.2, 0) is 11.3 Å². The lowest BCUT2D eigenvalue weighted by atomic mass is 10.2. The van der Waals surface area contributed by atoms with Gasteiger partial charge in [-0.1, -0.05) is 12.1 Å². The maximum absolute atomic E-state index is 11.8. The number of anilines is 1. The van der Waals surface area contributed by atoms with Crippen LogP contribution >= 0.6 is 0 Å². The molecular weight excluding hydrogens is 260 g/mol. The number of aromatic nitrogens is 2. The molecule has 1 amide bonds. The van der Waals surface area contributed by atoms with Crippen LogP contribution in [0, 0.1) is 11.3 Å². The van der Waals surface area contributed by atoms with Crippen LogP contribution < -0.4 is 16.6 Å². The third kappa shape index (κ3) is 3.00. The number of benzene rings is 1. The number of para-hydroxylation sites is 1. The summed E-state index contributed by atoms with van der Waals surface area (Å²) in [6.07, 6.45) is 1.23. The predicted octanol–water partition coefficient (Wildman–Crippen LogP) is 0.0470. The standard InChI is InChI=1S/C13H10N4O3/c14-7-9-3-1-2-4-10(9)15-12(19)8-17-6-5-11(18)16-13(17)20/h1-6H,8H2,(H,15,19)(H,16,18,20). The zero-order valence-electron chi connectivity index (χ0n) is 10.3. The van der Waals surface area contributed by atoms with Gasteiger partial charge in [0.25, 0.3) is 5.56 Å². The van der Waals surface area contributed by atoms with Crippen LogP contribution in [0.25, 0.3) is 0 Å². The molecule has 1 aromatic heterocycles. The first-order chi connectivity index (χ1) is 9.60. The van der Waals surface area contributed by atoms with E-state index in [9.17, 15) is 14.4 Å². The van der Waals surface area contributed by atoms with Gasteiger partial charge in [-0.15, -0.1) is 0 Å². The second-order valence-electron chi connectivity index (χ2n) is 3.94. The molecule has 0 atom stereocenters. The van der Waals surface area contributed by atoms with Gasteiger partial charge in [0.05, 0.1) is 11.3 Å². The highest BCUT2D eigenvalue weighted by molar-refractivity contribution is 5.91. The SMILES string of the molecule is N#Cc1ccccc1NC(=O)Cn1ccc(=O)[nH]c1=O. The number of H-pyrrole nitrogens is 1. The first-order valence-electron chi connectivity index (χ1n) is 5.69. The molecule has 2 rings (SSSR count). The summed E-state index contributed by atoms with van der Waals surface area (Å²) in [4.78, 5) is 36.2. The zero-order valence-corrected chi connectivity index (χ0v) is 10.3. The van der Waals surface area contributed by atoms with Gasteiger partial charge < -0.3 is 5.32 Å². The summed E-state index contributed by atoms with van der Waals surface area (Å²) >= 11 is 0. The summed E-state index contributed by atoms with van der Waals surface area (Å²) in [5.74, 6) is -0.471. The summed E-state index contributed by atoms with van der Waals surface area (Å²) < 4.78 is 1.06. The van der Waals surface area contributed by atoms with E-state index in [-0.39, 0.29) is 6.54 Å². The minimum Gasteiger partial charge on any atom is -0.323 e. The van der Waals surface area contributed by atoms with E-state index in [1.807, 2.05) is 6.07 Å². The first-order valence-corrected chi connectivity index (χ1v) is 5.69. The Morgan fingerprint density at radius 2 is 2.05 bits per heavy atom. The number of nitrogens with one attached hydrogen (secondary N) is 2. The highest BCUT2D eigenvalue weighted by atomic mass is 16.2. The van der Waals surface area contributed by atoms with Crippen LogP contribution in [0.2, 0.25) is 0 Å². The van der Waals surface area contributed by atoms with Crippen molar-refractivity contribution in [3.63, 3.8) is 0 Å². The Morgan fingerprint density at radius 3 is 2.75 bits per heavy atom. The van der Waals surface area contributed by atoms with Gasteiger partial charge in [-0.3, -0.25) is 19.1 Å². The van der Waals surface area contributed by atoms with Gasteiger partial charge in [0.15, 0.2) is 0 Å². The van der Waals surface area contributed by atoms with Crippen molar-refractivity contribution in [1.29, 1.82) is 5.26 Å². The Bertz CT molecular complexity index is 798. The Labute approximate surface area is 113 Å². The lowest BCUT2D eigenvalue weighted by molar-refractivity contribution is -0.116. The van der Waals surface area contributed by atoms with Gasteiger partial charge in [0, 0.05) is 12.3 Å². The summed E-state index contributed by atoms with van der Waals surface area (Å²) in [6.45, 7) is -0.255. The highest BCUT2D eigenvalue weighted by Gasteiger charge is 2.08. The van der Waals surface area contributed by atoms with Gasteiger partial charge in [0.2, 0.25) is 5.91 Å². The van der Waals surface area contributed by atoms with Gasteiger partial charge in [-0.25, -0.2) is 4.79 Å². The molecule has 1 aromatic carbocycles. The van der Waals surface area contributed by atoms with Crippen molar-refractivity contribution in [1.82, 2.24) is 9.55 Å². The number of hydrogen-bond donors (Lipinski definition) is 2. The van der Waals surface area contributed by atoms with Gasteiger partial charge in [-0.2, -0.15) is 5.26 Å². The topological polar surface area (TPSA) is 108 Å². The van der Waals surface area contributed by atoms with E-state index in [0.29, 0.717) is 11.3 Å². The molecule has 0 unspecified atom stereocenters. The van der Waals surface area contributed by atoms with Gasteiger partial charge in [-0.05, 0) is 12.1 Å². The zero-order chi connectivity index (χ0) is 14.5. The van der Waals surface area contributed by atoms with Gasteiger partial charge >= 0.3 is 5.69 Å². The molecule has 0 aliphatic rings. The predicted molar refractivity (Wildman–Crippen MR) is 71.1 cm³/mol. The number of nitrogens with zero attached hydrogens (tertiary/aromatic N) is 2. The molecule has 2 aromatic rings. The molecule has 0 aliphatic carbocycles. The molecule has 0 bridgehead atoms. The fraction of sp³-hybridized carbons (Fsp3) is 0.0769. The molecule has 0 aliphatic heterocycles. The number of carbonyl (C=O) groups is 1. The molecule has 1 heterocycles. The lowest BCUT2D eigenvalue weighted by Crippen LogP contribution is -2.32. The van der Waals surface area contributed by atoms with E-state index in [2.05, 4.69) is 10.3 Å². The van der Waals surface area contributed by atoms with Crippen molar-refractivity contribution in [3.8, 4) is 6.07 Å². The number of hydrogen-bond acceptors (Lipinski definition) is 4. The van der Waals surface area contributed by atoms with Crippen molar-refractivity contribution in [2.45, 2.75) is 6.54 Å². The summed E-state index contributed by atoms with van der Waals surface area (Å²) in [7, 11) is 0. The van der Waals surface area contributed by atoms with Crippen molar-refractivity contribution in [2.24, 2.45) is 0 Å². The molecule has 0 spiro atoms. The van der Waals surface area contributed by atoms with Crippen LogP contribution in [-0.4, -0.2) is 15.5 Å². The Balaban J connectivity index is 2.16. The quantitative estimate of drug-likeness (QED) is 0.821. The summed E-state index contributed by atoms with van der Waals surface area (Å²) in [5, 5.41) is 11.4. The highest BCUT2D eigenvalue weighted by Crippen LogP contribution is 2.13. The number of rotatable bonds is 3. The van der Waals surface area contributed by atoms with Crippen molar-refractivity contribution >= 4 is 11.6 Å². The smallest absolute Gasteiger partial charge is 0.323 e. The Hall–Kier alpha value is -3.14. The molecule has 7 heteroatoms. The normalized spacial score (nSPS) is 9.75. The van der Waals surface area contributed by atoms with Crippen molar-refractivity contribution in [2.75, 3.05) is 5.32 Å². The Morgan fingerprint density at radius 1 is 1.30 bits per heavy atom. The Kier molecular flexibility index (Phi) is 3.77. The lowest BCUT2D eigenvalue weighted by Gasteiger charge is -2.07. The van der Waals surface area contributed by atoms with Crippen LogP contribution in [0.15, 0.2) is 46.1 Å². The minimum atomic E-state index is -0.666. The molecule has 0 saturated heterocycles. The fourth-order valence-electron chi connectivity index (χ4n) is 1.60. The molecular formula is C13H10N4O3. The first kappa shape index (κ1) is 13.3. The average Bonchev–Trinajstić information content (AvgIpc) is 2.42. The average molecular weight is 270 g/mol. The van der Waals surface area contributed by atoms with E-state index in [1.165, 1.54) is 6.20 Å². The van der Waals surface area contributed by atoms with Crippen molar-refractivity contribution < 1.29 is 4.79 Å². The third-order valence-corrected chi connectivity index (χ3v) is 2.53. The summed E-state index contributed by atoms with van der Waals surface area (Å²) in [5.41, 5.74) is -0.491. The van der Waals surface area contributed by atoms with E-state index < -0.39 is 17.2 Å². The minimum absolute atomic E-state index is 0.255. The molecule has 20 heavy (non-hydrogen) atoms. The molecule has 0 fully saturated rings. The maximum Gasteiger partial charge on any atom is 0.328 e. The number of amides is 1. The number of nitriles is 1. The third-order valence-electron chi connectivity index (χ3n) is 2.53. The molecule has 0 radical (unpaired) electrons. The van der Waals surface area contributed by atoms with Crippen LogP contribution in [0.4, 0.5) is 5.69 Å². The van der Waals surface area contributed by atoms with E-state index in [0.717, 1.165) is 10.6 Å². The van der Waals surface area contributed by atoms with Crippen LogP contribution in [0.3, 0.4) is 0 Å². The van der Waals surface area contributed by atoms with Crippen LogP contribution in [0.5, 0.6) is 0 Å². The number of carbonyl (C=O) groups excluding carboxylic acids is 1. The van der Waals surface area contributed by atoms with Gasteiger partial charge in [0.1, 0.15) is 12.6 Å². The fourth-order valence-corrected chi connectivity index (χ4v) is 1.60. The molecule has 0 saturated carbocycles. The molecule has 7 nitrogen and oxygen atoms in total. The second kappa shape index (κ2) is 5.67. The summed E-state index contributed by atoms with van der Waals surface area (Å²) in [6, 6.07) is 9.63. The second-order valence-corrected chi connectivity index (χ2v) is 3.94. The monoisotopic (exact) mass is 270 g/mol. The largest absolute Gasteiger partial charge is 0.328 e. The van der Waals surface area contributed by atoms with Crippen molar-refractivity contribution in [3.05, 3.63) is 62.9 Å². The van der Waals surface area contributed by atoms with E-state index in [4.69, 9.17) is 5.26 Å². The maximum atomic E-state index is 11.8. The van der Waals surface area contributed by atoms with E-state index >= 15 is 0 Å². The molecule has 2 N–H and O–H groups in total.